The highest BCUT2D eigenvalue weighted by Crippen LogP contribution is 2.26. The van der Waals surface area contributed by atoms with Crippen molar-refractivity contribution in [3.05, 3.63) is 64.7 Å². The third kappa shape index (κ3) is 8.23. The molecule has 0 spiro atoms. The summed E-state index contributed by atoms with van der Waals surface area (Å²) < 4.78 is 26.5. The van der Waals surface area contributed by atoms with Crippen LogP contribution in [0.4, 0.5) is 5.69 Å². The molecule has 2 amide bonds. The molecule has 0 aliphatic heterocycles. The molecule has 2 rings (SSSR count). The van der Waals surface area contributed by atoms with Gasteiger partial charge in [-0.05, 0) is 61.1 Å². The van der Waals surface area contributed by atoms with Crippen molar-refractivity contribution >= 4 is 39.1 Å². The molecule has 198 valence electrons. The van der Waals surface area contributed by atoms with Crippen LogP contribution in [0.25, 0.3) is 0 Å². The second-order valence-corrected chi connectivity index (χ2v) is 12.6. The van der Waals surface area contributed by atoms with Crippen LogP contribution in [0, 0.1) is 0 Å². The number of halogens is 1. The summed E-state index contributed by atoms with van der Waals surface area (Å²) >= 11 is 6.14. The first-order valence-corrected chi connectivity index (χ1v) is 14.3. The smallest absolute Gasteiger partial charge is 0.244 e. The lowest BCUT2D eigenvalue weighted by Gasteiger charge is -2.32. The molecule has 0 radical (unpaired) electrons. The van der Waals surface area contributed by atoms with Gasteiger partial charge in [-0.2, -0.15) is 0 Å². The van der Waals surface area contributed by atoms with Gasteiger partial charge in [-0.15, -0.1) is 0 Å². The van der Waals surface area contributed by atoms with E-state index in [0.717, 1.165) is 28.1 Å². The van der Waals surface area contributed by atoms with E-state index in [4.69, 9.17) is 11.6 Å². The lowest BCUT2D eigenvalue weighted by atomic mass is 9.87. The number of amides is 2. The first kappa shape index (κ1) is 29.6. The van der Waals surface area contributed by atoms with Crippen molar-refractivity contribution in [1.29, 1.82) is 0 Å². The number of sulfonamides is 1. The molecule has 2 aromatic carbocycles. The Labute approximate surface area is 220 Å². The number of hydrogen-bond acceptors (Lipinski definition) is 4. The van der Waals surface area contributed by atoms with Crippen molar-refractivity contribution in [1.82, 2.24) is 10.2 Å². The van der Waals surface area contributed by atoms with Crippen molar-refractivity contribution in [3.63, 3.8) is 0 Å². The molecular weight excluding hydrogens is 498 g/mol. The summed E-state index contributed by atoms with van der Waals surface area (Å²) in [6.07, 6.45) is 1.81. The van der Waals surface area contributed by atoms with E-state index in [9.17, 15) is 18.0 Å². The number of carbonyl (C=O) groups excluding carboxylic acids is 2. The van der Waals surface area contributed by atoms with Gasteiger partial charge in [0.1, 0.15) is 12.6 Å². The van der Waals surface area contributed by atoms with E-state index in [2.05, 4.69) is 26.1 Å². The minimum atomic E-state index is -3.78. The highest BCUT2D eigenvalue weighted by molar-refractivity contribution is 7.92. The Balaban J connectivity index is 2.40. The molecular formula is C27H38ClN3O4S. The van der Waals surface area contributed by atoms with Crippen LogP contribution in [0.2, 0.25) is 5.02 Å². The number of nitrogens with one attached hydrogen (secondary N) is 1. The van der Waals surface area contributed by atoms with Crippen molar-refractivity contribution in [2.45, 2.75) is 72.0 Å². The van der Waals surface area contributed by atoms with Crippen LogP contribution in [0.1, 0.15) is 59.1 Å². The van der Waals surface area contributed by atoms with Crippen molar-refractivity contribution in [2.75, 3.05) is 17.1 Å². The SMILES string of the molecule is CC[C@@H](C)NC(=O)[C@@H](C)N(Cc1cccc(Cl)c1)C(=O)CN(c1ccc(C(C)(C)C)cc1)S(C)(=O)=O. The lowest BCUT2D eigenvalue weighted by molar-refractivity contribution is -0.139. The molecule has 7 nitrogen and oxygen atoms in total. The van der Waals surface area contributed by atoms with Crippen LogP contribution in [0.15, 0.2) is 48.5 Å². The predicted octanol–water partition coefficient (Wildman–Crippen LogP) is 4.74. The number of anilines is 1. The van der Waals surface area contributed by atoms with Crippen LogP contribution in [-0.2, 0) is 31.6 Å². The summed E-state index contributed by atoms with van der Waals surface area (Å²) in [6.45, 7) is 11.4. The zero-order valence-corrected chi connectivity index (χ0v) is 23.8. The van der Waals surface area contributed by atoms with Gasteiger partial charge < -0.3 is 10.2 Å². The molecule has 0 unspecified atom stereocenters. The molecule has 0 aliphatic rings. The summed E-state index contributed by atoms with van der Waals surface area (Å²) in [5.74, 6) is -0.799. The number of rotatable bonds is 10. The molecule has 0 aromatic heterocycles. The Morgan fingerprint density at radius 3 is 2.17 bits per heavy atom. The van der Waals surface area contributed by atoms with E-state index in [1.54, 1.807) is 37.3 Å². The van der Waals surface area contributed by atoms with Gasteiger partial charge in [-0.3, -0.25) is 13.9 Å². The van der Waals surface area contributed by atoms with Gasteiger partial charge in [-0.1, -0.05) is 63.6 Å². The van der Waals surface area contributed by atoms with Gasteiger partial charge in [0.15, 0.2) is 0 Å². The van der Waals surface area contributed by atoms with Crippen LogP contribution >= 0.6 is 11.6 Å². The average molecular weight is 536 g/mol. The maximum atomic E-state index is 13.6. The van der Waals surface area contributed by atoms with E-state index in [1.165, 1.54) is 4.90 Å². The molecule has 2 atom stereocenters. The van der Waals surface area contributed by atoms with Gasteiger partial charge in [0.05, 0.1) is 11.9 Å². The third-order valence-electron chi connectivity index (χ3n) is 6.11. The molecule has 0 bridgehead atoms. The van der Waals surface area contributed by atoms with Gasteiger partial charge >= 0.3 is 0 Å². The minimum Gasteiger partial charge on any atom is -0.352 e. The van der Waals surface area contributed by atoms with E-state index in [-0.39, 0.29) is 23.9 Å². The molecule has 0 saturated carbocycles. The van der Waals surface area contributed by atoms with E-state index in [1.807, 2.05) is 32.0 Å². The summed E-state index contributed by atoms with van der Waals surface area (Å²) in [6, 6.07) is 13.3. The maximum Gasteiger partial charge on any atom is 0.244 e. The first-order chi connectivity index (χ1) is 16.6. The van der Waals surface area contributed by atoms with Crippen LogP contribution in [-0.4, -0.2) is 50.0 Å². The summed E-state index contributed by atoms with van der Waals surface area (Å²) in [4.78, 5) is 27.9. The predicted molar refractivity (Wildman–Crippen MR) is 147 cm³/mol. The maximum absolute atomic E-state index is 13.6. The van der Waals surface area contributed by atoms with Crippen molar-refractivity contribution in [2.24, 2.45) is 0 Å². The standard InChI is InChI=1S/C27H38ClN3O4S/c1-8-19(2)29-26(33)20(3)30(17-21-10-9-11-23(28)16-21)25(32)18-31(36(7,34)35)24-14-12-22(13-15-24)27(4,5)6/h9-16,19-20H,8,17-18H2,1-7H3,(H,29,33)/t19-,20-/m1/s1. The normalized spacial score (nSPS) is 13.6. The molecule has 0 saturated heterocycles. The van der Waals surface area contributed by atoms with Gasteiger partial charge in [-0.25, -0.2) is 8.42 Å². The van der Waals surface area contributed by atoms with E-state index >= 15 is 0 Å². The van der Waals surface area contributed by atoms with Crippen LogP contribution in [0.3, 0.4) is 0 Å². The fraction of sp³-hybridized carbons (Fsp3) is 0.481. The van der Waals surface area contributed by atoms with Crippen LogP contribution in [0.5, 0.6) is 0 Å². The van der Waals surface area contributed by atoms with Gasteiger partial charge in [0.2, 0.25) is 21.8 Å². The number of carbonyl (C=O) groups is 2. The van der Waals surface area contributed by atoms with E-state index < -0.39 is 28.5 Å². The molecule has 9 heteroatoms. The summed E-state index contributed by atoms with van der Waals surface area (Å²) in [5.41, 5.74) is 2.07. The Morgan fingerprint density at radius 1 is 1.06 bits per heavy atom. The Morgan fingerprint density at radius 2 is 1.67 bits per heavy atom. The highest BCUT2D eigenvalue weighted by Gasteiger charge is 2.30. The largest absolute Gasteiger partial charge is 0.352 e. The van der Waals surface area contributed by atoms with Gasteiger partial charge in [0.25, 0.3) is 0 Å². The molecule has 1 N–H and O–H groups in total. The Hall–Kier alpha value is -2.58. The monoisotopic (exact) mass is 535 g/mol. The third-order valence-corrected chi connectivity index (χ3v) is 7.49. The second kappa shape index (κ2) is 12.1. The topological polar surface area (TPSA) is 86.8 Å². The number of hydrogen-bond donors (Lipinski definition) is 1. The number of benzene rings is 2. The first-order valence-electron chi connectivity index (χ1n) is 12.1. The fourth-order valence-corrected chi connectivity index (χ4v) is 4.68. The zero-order valence-electron chi connectivity index (χ0n) is 22.2. The zero-order chi connectivity index (χ0) is 27.3. The Kier molecular flexibility index (Phi) is 9.97. The lowest BCUT2D eigenvalue weighted by Crippen LogP contribution is -2.52. The Bertz CT molecular complexity index is 1160. The number of nitrogens with zero attached hydrogens (tertiary/aromatic N) is 2. The molecule has 0 aliphatic carbocycles. The van der Waals surface area contributed by atoms with E-state index in [0.29, 0.717) is 10.7 Å². The van der Waals surface area contributed by atoms with Crippen molar-refractivity contribution in [3.8, 4) is 0 Å². The molecule has 0 heterocycles. The van der Waals surface area contributed by atoms with Crippen molar-refractivity contribution < 1.29 is 18.0 Å². The second-order valence-electron chi connectivity index (χ2n) is 10.2. The fourth-order valence-electron chi connectivity index (χ4n) is 3.62. The highest BCUT2D eigenvalue weighted by atomic mass is 35.5. The average Bonchev–Trinajstić information content (AvgIpc) is 2.79. The quantitative estimate of drug-likeness (QED) is 0.476. The molecule has 2 aromatic rings. The van der Waals surface area contributed by atoms with Gasteiger partial charge in [0, 0.05) is 17.6 Å². The molecule has 0 fully saturated rings. The minimum absolute atomic E-state index is 0.0584. The van der Waals surface area contributed by atoms with Crippen LogP contribution < -0.4 is 9.62 Å². The summed E-state index contributed by atoms with van der Waals surface area (Å²) in [5, 5.41) is 3.41. The molecule has 36 heavy (non-hydrogen) atoms. The summed E-state index contributed by atoms with van der Waals surface area (Å²) in [7, 11) is -3.78.